The molecule has 22 heavy (non-hydrogen) atoms. The fraction of sp³-hybridized carbons (Fsp3) is 0.333. The highest BCUT2D eigenvalue weighted by Gasteiger charge is 2.38. The number of amides is 3. The molecule has 3 amide bonds. The van der Waals surface area contributed by atoms with Crippen LogP contribution < -0.4 is 16.1 Å². The molecule has 1 aromatic carbocycles. The molecule has 7 heteroatoms. The zero-order valence-corrected chi connectivity index (χ0v) is 12.3. The summed E-state index contributed by atoms with van der Waals surface area (Å²) in [4.78, 5) is 35.1. The van der Waals surface area contributed by atoms with E-state index in [0.29, 0.717) is 12.1 Å². The Labute approximate surface area is 127 Å². The highest BCUT2D eigenvalue weighted by Crippen LogP contribution is 2.38. The second kappa shape index (κ2) is 4.94. The lowest BCUT2D eigenvalue weighted by Gasteiger charge is -2.16. The summed E-state index contributed by atoms with van der Waals surface area (Å²) in [7, 11) is 0. The highest BCUT2D eigenvalue weighted by atomic mass is 16.2. The first-order chi connectivity index (χ1) is 10.4. The van der Waals surface area contributed by atoms with Gasteiger partial charge in [-0.1, -0.05) is 0 Å². The topological polar surface area (TPSA) is 99.7 Å². The molecule has 0 saturated carbocycles. The lowest BCUT2D eigenvalue weighted by molar-refractivity contribution is -0.121. The van der Waals surface area contributed by atoms with Gasteiger partial charge in [-0.15, -0.1) is 0 Å². The van der Waals surface area contributed by atoms with Gasteiger partial charge in [0.2, 0.25) is 11.8 Å². The van der Waals surface area contributed by atoms with Crippen molar-refractivity contribution in [2.24, 2.45) is 5.10 Å². The van der Waals surface area contributed by atoms with Crippen LogP contribution >= 0.6 is 0 Å². The van der Waals surface area contributed by atoms with E-state index in [1.54, 1.807) is 18.2 Å². The maximum atomic E-state index is 12.1. The second-order valence-electron chi connectivity index (χ2n) is 5.89. The number of carbonyl (C=O) groups is 3. The quantitative estimate of drug-likeness (QED) is 0.763. The number of anilines is 2. The van der Waals surface area contributed by atoms with Crippen molar-refractivity contribution in [3.05, 3.63) is 23.8 Å². The van der Waals surface area contributed by atoms with Gasteiger partial charge in [0.25, 0.3) is 5.91 Å². The molecular weight excluding hydrogens is 284 g/mol. The van der Waals surface area contributed by atoms with Crippen LogP contribution in [0.4, 0.5) is 11.4 Å². The van der Waals surface area contributed by atoms with Crippen LogP contribution in [0.2, 0.25) is 0 Å². The van der Waals surface area contributed by atoms with E-state index < -0.39 is 5.41 Å². The first kappa shape index (κ1) is 14.2. The van der Waals surface area contributed by atoms with Gasteiger partial charge in [0, 0.05) is 24.2 Å². The molecule has 114 valence electrons. The minimum absolute atomic E-state index is 0.0645. The van der Waals surface area contributed by atoms with Gasteiger partial charge in [-0.2, -0.15) is 5.10 Å². The van der Waals surface area contributed by atoms with Crippen LogP contribution in [-0.2, 0) is 19.8 Å². The van der Waals surface area contributed by atoms with Gasteiger partial charge in [-0.3, -0.25) is 14.4 Å². The molecule has 0 aliphatic carbocycles. The number of nitrogens with one attached hydrogen (secondary N) is 3. The Morgan fingerprint density at radius 3 is 2.73 bits per heavy atom. The van der Waals surface area contributed by atoms with Gasteiger partial charge < -0.3 is 10.6 Å². The number of hydrogen-bond donors (Lipinski definition) is 3. The third-order valence-corrected chi connectivity index (χ3v) is 3.93. The third kappa shape index (κ3) is 2.34. The van der Waals surface area contributed by atoms with Crippen LogP contribution in [0.5, 0.6) is 0 Å². The Bertz CT molecular complexity index is 721. The minimum atomic E-state index is -0.633. The van der Waals surface area contributed by atoms with Crippen LogP contribution in [0.15, 0.2) is 23.3 Å². The van der Waals surface area contributed by atoms with Crippen molar-refractivity contribution in [2.75, 3.05) is 10.6 Å². The fourth-order valence-corrected chi connectivity index (χ4v) is 2.49. The molecule has 0 bridgehead atoms. The molecule has 0 atom stereocenters. The Morgan fingerprint density at radius 2 is 2.05 bits per heavy atom. The number of fused-ring (bicyclic) bond motifs is 1. The number of carbonyl (C=O) groups excluding carboxylic acids is 3. The monoisotopic (exact) mass is 300 g/mol. The van der Waals surface area contributed by atoms with Crippen LogP contribution in [-0.4, -0.2) is 23.4 Å². The van der Waals surface area contributed by atoms with Crippen LogP contribution in [0.3, 0.4) is 0 Å². The molecule has 0 saturated heterocycles. The van der Waals surface area contributed by atoms with Crippen LogP contribution in [0.25, 0.3) is 0 Å². The molecular formula is C15H16N4O3. The molecule has 3 N–H and O–H groups in total. The molecule has 2 aliphatic heterocycles. The zero-order valence-electron chi connectivity index (χ0n) is 12.3. The standard InChI is InChI=1S/C15H16N4O3/c1-15(2)9-7-8(3-4-10(9)17-14(15)22)16-13(21)11-5-6-12(20)19-18-11/h3-4,7H,5-6H2,1-2H3,(H,16,21)(H,17,22)(H,19,20). The van der Waals surface area contributed by atoms with Gasteiger partial charge in [-0.05, 0) is 37.6 Å². The summed E-state index contributed by atoms with van der Waals surface area (Å²) in [6, 6.07) is 5.27. The maximum absolute atomic E-state index is 12.1. The Morgan fingerprint density at radius 1 is 1.27 bits per heavy atom. The lowest BCUT2D eigenvalue weighted by atomic mass is 9.86. The van der Waals surface area contributed by atoms with E-state index in [1.165, 1.54) is 0 Å². The SMILES string of the molecule is CC1(C)C(=O)Nc2ccc(NC(=O)C3=NNC(=O)CC3)cc21. The summed E-state index contributed by atoms with van der Waals surface area (Å²) < 4.78 is 0. The highest BCUT2D eigenvalue weighted by molar-refractivity contribution is 6.43. The molecule has 2 aliphatic rings. The molecule has 0 radical (unpaired) electrons. The lowest BCUT2D eigenvalue weighted by Crippen LogP contribution is -2.32. The molecule has 3 rings (SSSR count). The van der Waals surface area contributed by atoms with Crippen LogP contribution in [0, 0.1) is 0 Å². The van der Waals surface area contributed by atoms with Crippen LogP contribution in [0.1, 0.15) is 32.3 Å². The number of rotatable bonds is 2. The van der Waals surface area contributed by atoms with Gasteiger partial charge in [0.15, 0.2) is 0 Å². The van der Waals surface area contributed by atoms with Crippen molar-refractivity contribution in [2.45, 2.75) is 32.1 Å². The summed E-state index contributed by atoms with van der Waals surface area (Å²) in [5.41, 5.74) is 4.14. The van der Waals surface area contributed by atoms with E-state index >= 15 is 0 Å². The molecule has 2 heterocycles. The van der Waals surface area contributed by atoms with E-state index in [-0.39, 0.29) is 29.9 Å². The Balaban J connectivity index is 1.80. The average molecular weight is 300 g/mol. The normalized spacial score (nSPS) is 18.9. The summed E-state index contributed by atoms with van der Waals surface area (Å²) in [5.74, 6) is -0.610. The smallest absolute Gasteiger partial charge is 0.271 e. The van der Waals surface area contributed by atoms with Crippen molar-refractivity contribution < 1.29 is 14.4 Å². The molecule has 0 aromatic heterocycles. The fourth-order valence-electron chi connectivity index (χ4n) is 2.49. The number of nitrogens with zero attached hydrogens (tertiary/aromatic N) is 1. The summed E-state index contributed by atoms with van der Waals surface area (Å²) >= 11 is 0. The number of hydrazone groups is 1. The summed E-state index contributed by atoms with van der Waals surface area (Å²) in [6.45, 7) is 3.67. The van der Waals surface area contributed by atoms with Crippen molar-refractivity contribution in [3.8, 4) is 0 Å². The maximum Gasteiger partial charge on any atom is 0.271 e. The summed E-state index contributed by atoms with van der Waals surface area (Å²) in [5, 5.41) is 9.32. The Kier molecular flexibility index (Phi) is 3.20. The third-order valence-electron chi connectivity index (χ3n) is 3.93. The summed E-state index contributed by atoms with van der Waals surface area (Å²) in [6.07, 6.45) is 0.566. The molecule has 0 spiro atoms. The molecule has 7 nitrogen and oxygen atoms in total. The zero-order chi connectivity index (χ0) is 15.9. The van der Waals surface area contributed by atoms with E-state index in [1.807, 2.05) is 13.8 Å². The molecule has 1 aromatic rings. The van der Waals surface area contributed by atoms with Crippen molar-refractivity contribution in [1.82, 2.24) is 5.43 Å². The average Bonchev–Trinajstić information content (AvgIpc) is 2.70. The predicted octanol–water partition coefficient (Wildman–Crippen LogP) is 1.12. The number of benzene rings is 1. The number of hydrogen-bond acceptors (Lipinski definition) is 4. The van der Waals surface area contributed by atoms with Gasteiger partial charge in [0.1, 0.15) is 5.71 Å². The minimum Gasteiger partial charge on any atom is -0.325 e. The predicted molar refractivity (Wildman–Crippen MR) is 81.5 cm³/mol. The largest absolute Gasteiger partial charge is 0.325 e. The van der Waals surface area contributed by atoms with Crippen molar-refractivity contribution in [1.29, 1.82) is 0 Å². The van der Waals surface area contributed by atoms with E-state index in [2.05, 4.69) is 21.2 Å². The first-order valence-electron chi connectivity index (χ1n) is 7.00. The van der Waals surface area contributed by atoms with E-state index in [4.69, 9.17) is 0 Å². The van der Waals surface area contributed by atoms with E-state index in [9.17, 15) is 14.4 Å². The van der Waals surface area contributed by atoms with E-state index in [0.717, 1.165) is 11.3 Å². The molecule has 0 fully saturated rings. The van der Waals surface area contributed by atoms with Gasteiger partial charge in [-0.25, -0.2) is 5.43 Å². The van der Waals surface area contributed by atoms with Gasteiger partial charge in [0.05, 0.1) is 5.41 Å². The Hall–Kier alpha value is -2.70. The van der Waals surface area contributed by atoms with Crippen molar-refractivity contribution in [3.63, 3.8) is 0 Å². The van der Waals surface area contributed by atoms with Crippen molar-refractivity contribution >= 4 is 34.8 Å². The molecule has 0 unspecified atom stereocenters. The van der Waals surface area contributed by atoms with Gasteiger partial charge >= 0.3 is 0 Å². The second-order valence-corrected chi connectivity index (χ2v) is 5.89. The first-order valence-corrected chi connectivity index (χ1v) is 7.00.